The molecule has 0 saturated heterocycles. The van der Waals surface area contributed by atoms with E-state index < -0.39 is 10.8 Å². The first kappa shape index (κ1) is 16.1. The molecule has 3 aromatic rings. The van der Waals surface area contributed by atoms with Gasteiger partial charge in [-0.25, -0.2) is 9.97 Å². The van der Waals surface area contributed by atoms with Gasteiger partial charge in [-0.3, -0.25) is 4.21 Å². The van der Waals surface area contributed by atoms with Gasteiger partial charge < -0.3 is 4.42 Å². The Morgan fingerprint density at radius 1 is 1.17 bits per heavy atom. The maximum atomic E-state index is 12.4. The minimum Gasteiger partial charge on any atom is -0.441 e. The zero-order chi connectivity index (χ0) is 16.2. The van der Waals surface area contributed by atoms with Crippen molar-refractivity contribution in [2.45, 2.75) is 31.8 Å². The largest absolute Gasteiger partial charge is 0.441 e. The molecule has 0 saturated carbocycles. The third kappa shape index (κ3) is 3.95. The Kier molecular flexibility index (Phi) is 5.03. The topological polar surface area (TPSA) is 56.0 Å². The lowest BCUT2D eigenvalue weighted by atomic mass is 10.2. The van der Waals surface area contributed by atoms with E-state index in [2.05, 4.69) is 16.9 Å². The standard InChI is InChI=1S/C17H18N2O2S2/c1-3-16-18-14(9-22-16)10-23(20)11-15-12(2)21-17(19-15)13-7-5-4-6-8-13/h4-9H,3,10-11H2,1-2H3/t23-/m1/s1. The average Bonchev–Trinajstić information content (AvgIpc) is 3.15. The molecule has 23 heavy (non-hydrogen) atoms. The highest BCUT2D eigenvalue weighted by Crippen LogP contribution is 2.22. The molecule has 2 aromatic heterocycles. The van der Waals surface area contributed by atoms with Crippen LogP contribution in [0.2, 0.25) is 0 Å². The first-order valence-electron chi connectivity index (χ1n) is 7.45. The highest BCUT2D eigenvalue weighted by molar-refractivity contribution is 7.83. The summed E-state index contributed by atoms with van der Waals surface area (Å²) >= 11 is 1.62. The maximum absolute atomic E-state index is 12.4. The molecule has 120 valence electrons. The van der Waals surface area contributed by atoms with Gasteiger partial charge in [-0.1, -0.05) is 25.1 Å². The molecule has 3 rings (SSSR count). The van der Waals surface area contributed by atoms with Crippen LogP contribution in [0.4, 0.5) is 0 Å². The molecule has 0 N–H and O–H groups in total. The Labute approximate surface area is 142 Å². The van der Waals surface area contributed by atoms with Crippen molar-refractivity contribution in [1.29, 1.82) is 0 Å². The highest BCUT2D eigenvalue weighted by Gasteiger charge is 2.15. The van der Waals surface area contributed by atoms with Crippen LogP contribution in [-0.4, -0.2) is 14.2 Å². The number of hydrogen-bond acceptors (Lipinski definition) is 5. The van der Waals surface area contributed by atoms with Gasteiger partial charge in [-0.15, -0.1) is 11.3 Å². The summed E-state index contributed by atoms with van der Waals surface area (Å²) in [7, 11) is -1.04. The summed E-state index contributed by atoms with van der Waals surface area (Å²) in [4.78, 5) is 8.97. The second-order valence-electron chi connectivity index (χ2n) is 5.20. The predicted octanol–water partition coefficient (Wildman–Crippen LogP) is 4.12. The number of thiazole rings is 1. The third-order valence-electron chi connectivity index (χ3n) is 3.42. The number of hydrogen-bond donors (Lipinski definition) is 0. The number of oxazole rings is 1. The van der Waals surface area contributed by atoms with Crippen molar-refractivity contribution < 1.29 is 8.63 Å². The van der Waals surface area contributed by atoms with Crippen molar-refractivity contribution in [3.8, 4) is 11.5 Å². The van der Waals surface area contributed by atoms with Gasteiger partial charge in [0, 0.05) is 21.7 Å². The summed E-state index contributed by atoms with van der Waals surface area (Å²) in [6.45, 7) is 3.94. The maximum Gasteiger partial charge on any atom is 0.226 e. The summed E-state index contributed by atoms with van der Waals surface area (Å²) in [6.07, 6.45) is 0.917. The molecule has 0 unspecified atom stereocenters. The van der Waals surface area contributed by atoms with Crippen molar-refractivity contribution in [3.05, 3.63) is 57.9 Å². The van der Waals surface area contributed by atoms with Gasteiger partial charge in [0.25, 0.3) is 0 Å². The quantitative estimate of drug-likeness (QED) is 0.674. The number of aryl methyl sites for hydroxylation is 2. The molecule has 4 nitrogen and oxygen atoms in total. The molecule has 0 aliphatic carbocycles. The molecule has 0 amide bonds. The normalized spacial score (nSPS) is 12.4. The Morgan fingerprint density at radius 3 is 2.65 bits per heavy atom. The van der Waals surface area contributed by atoms with E-state index in [1.165, 1.54) is 0 Å². The van der Waals surface area contributed by atoms with E-state index in [4.69, 9.17) is 4.42 Å². The monoisotopic (exact) mass is 346 g/mol. The number of rotatable bonds is 6. The Balaban J connectivity index is 1.70. The molecule has 0 aliphatic heterocycles. The smallest absolute Gasteiger partial charge is 0.226 e. The fourth-order valence-electron chi connectivity index (χ4n) is 2.21. The Morgan fingerprint density at radius 2 is 1.96 bits per heavy atom. The molecule has 0 aliphatic rings. The van der Waals surface area contributed by atoms with Gasteiger partial charge in [0.15, 0.2) is 0 Å². The fraction of sp³-hybridized carbons (Fsp3) is 0.294. The van der Waals surface area contributed by atoms with Crippen LogP contribution in [0.25, 0.3) is 11.5 Å². The van der Waals surface area contributed by atoms with Gasteiger partial charge in [0.2, 0.25) is 5.89 Å². The van der Waals surface area contributed by atoms with E-state index in [0.717, 1.165) is 34.1 Å². The van der Waals surface area contributed by atoms with E-state index in [1.807, 2.05) is 42.6 Å². The van der Waals surface area contributed by atoms with Crippen LogP contribution < -0.4 is 0 Å². The van der Waals surface area contributed by atoms with Crippen LogP contribution in [0.5, 0.6) is 0 Å². The highest BCUT2D eigenvalue weighted by atomic mass is 32.2. The van der Waals surface area contributed by atoms with E-state index in [0.29, 0.717) is 17.4 Å². The molecule has 2 heterocycles. The van der Waals surface area contributed by atoms with Crippen LogP contribution in [0.15, 0.2) is 40.1 Å². The lowest BCUT2D eigenvalue weighted by Crippen LogP contribution is -2.01. The van der Waals surface area contributed by atoms with Gasteiger partial charge in [-0.05, 0) is 25.5 Å². The molecule has 1 atom stereocenters. The summed E-state index contributed by atoms with van der Waals surface area (Å²) in [5.41, 5.74) is 2.59. The Bertz CT molecular complexity index is 809. The first-order chi connectivity index (χ1) is 11.2. The lowest BCUT2D eigenvalue weighted by molar-refractivity contribution is 0.540. The molecule has 6 heteroatoms. The van der Waals surface area contributed by atoms with E-state index >= 15 is 0 Å². The van der Waals surface area contributed by atoms with Crippen LogP contribution in [-0.2, 0) is 28.7 Å². The van der Waals surface area contributed by atoms with E-state index in [9.17, 15) is 4.21 Å². The van der Waals surface area contributed by atoms with Crippen LogP contribution in [0, 0.1) is 6.92 Å². The van der Waals surface area contributed by atoms with E-state index in [1.54, 1.807) is 11.3 Å². The second-order valence-corrected chi connectivity index (χ2v) is 7.60. The second kappa shape index (κ2) is 7.19. The fourth-order valence-corrected chi connectivity index (χ4v) is 4.22. The van der Waals surface area contributed by atoms with Gasteiger partial charge in [-0.2, -0.15) is 0 Å². The van der Waals surface area contributed by atoms with Crippen LogP contribution in [0.1, 0.15) is 29.1 Å². The van der Waals surface area contributed by atoms with Crippen molar-refractivity contribution in [1.82, 2.24) is 9.97 Å². The van der Waals surface area contributed by atoms with E-state index in [-0.39, 0.29) is 0 Å². The minimum absolute atomic E-state index is 0.390. The summed E-state index contributed by atoms with van der Waals surface area (Å²) in [5, 5.41) is 3.07. The summed E-state index contributed by atoms with van der Waals surface area (Å²) in [5.74, 6) is 2.16. The van der Waals surface area contributed by atoms with Crippen molar-refractivity contribution in [2.75, 3.05) is 0 Å². The molecular weight excluding hydrogens is 328 g/mol. The average molecular weight is 346 g/mol. The number of nitrogens with zero attached hydrogens (tertiary/aromatic N) is 2. The first-order valence-corrected chi connectivity index (χ1v) is 9.82. The molecule has 1 aromatic carbocycles. The number of aromatic nitrogens is 2. The predicted molar refractivity (Wildman–Crippen MR) is 93.7 cm³/mol. The SMILES string of the molecule is CCc1nc(C[S@@](=O)Cc2nc(-c3ccccc3)oc2C)cs1. The number of benzene rings is 1. The Hall–Kier alpha value is -1.79. The van der Waals surface area contributed by atoms with Crippen molar-refractivity contribution in [2.24, 2.45) is 0 Å². The molecule has 0 fully saturated rings. The summed E-state index contributed by atoms with van der Waals surface area (Å²) in [6, 6.07) is 9.75. The van der Waals surface area contributed by atoms with Gasteiger partial charge in [0.05, 0.1) is 27.9 Å². The molecular formula is C17H18N2O2S2. The van der Waals surface area contributed by atoms with Crippen LogP contribution >= 0.6 is 11.3 Å². The lowest BCUT2D eigenvalue weighted by Gasteiger charge is -1.98. The minimum atomic E-state index is -1.04. The van der Waals surface area contributed by atoms with Gasteiger partial charge in [0.1, 0.15) is 5.76 Å². The summed E-state index contributed by atoms with van der Waals surface area (Å²) < 4.78 is 18.1. The van der Waals surface area contributed by atoms with Crippen molar-refractivity contribution >= 4 is 22.1 Å². The molecule has 0 bridgehead atoms. The molecule has 0 radical (unpaired) electrons. The zero-order valence-corrected chi connectivity index (χ0v) is 14.7. The third-order valence-corrected chi connectivity index (χ3v) is 5.68. The van der Waals surface area contributed by atoms with Crippen molar-refractivity contribution in [3.63, 3.8) is 0 Å². The molecule has 0 spiro atoms. The van der Waals surface area contributed by atoms with Crippen LogP contribution in [0.3, 0.4) is 0 Å². The van der Waals surface area contributed by atoms with Gasteiger partial charge >= 0.3 is 0 Å². The zero-order valence-electron chi connectivity index (χ0n) is 13.1.